The number of ether oxygens (including phenoxy) is 1. The quantitative estimate of drug-likeness (QED) is 0.878. The molecule has 2 aromatic rings. The number of H-pyrrole nitrogens is 1. The maximum absolute atomic E-state index is 5.89. The molecule has 7 nitrogen and oxygen atoms in total. The van der Waals surface area contributed by atoms with Crippen molar-refractivity contribution in [1.29, 1.82) is 0 Å². The van der Waals surface area contributed by atoms with E-state index >= 15 is 0 Å². The summed E-state index contributed by atoms with van der Waals surface area (Å²) < 4.78 is 11.2. The first-order valence-electron chi connectivity index (χ1n) is 7.54. The minimum absolute atomic E-state index is 0.0964. The molecule has 1 unspecified atom stereocenters. The second kappa shape index (κ2) is 6.26. The molecule has 0 spiro atoms. The van der Waals surface area contributed by atoms with E-state index in [1.165, 1.54) is 19.3 Å². The average molecular weight is 291 g/mol. The van der Waals surface area contributed by atoms with Crippen molar-refractivity contribution < 1.29 is 9.26 Å². The normalized spacial score (nSPS) is 18.0. The molecule has 3 N–H and O–H groups in total. The Morgan fingerprint density at radius 2 is 2.24 bits per heavy atom. The van der Waals surface area contributed by atoms with E-state index in [1.54, 1.807) is 6.20 Å². The van der Waals surface area contributed by atoms with E-state index < -0.39 is 0 Å². The van der Waals surface area contributed by atoms with Gasteiger partial charge in [0.2, 0.25) is 5.82 Å². The molecule has 1 aliphatic rings. The highest BCUT2D eigenvalue weighted by molar-refractivity contribution is 5.65. The summed E-state index contributed by atoms with van der Waals surface area (Å²) in [6.07, 6.45) is 7.59. The Labute approximate surface area is 123 Å². The van der Waals surface area contributed by atoms with Crippen molar-refractivity contribution >= 4 is 5.82 Å². The first-order chi connectivity index (χ1) is 10.3. The lowest BCUT2D eigenvalue weighted by molar-refractivity contribution is -0.00145. The highest BCUT2D eigenvalue weighted by atomic mass is 16.5. The smallest absolute Gasteiger partial charge is 0.263 e. The van der Waals surface area contributed by atoms with E-state index in [9.17, 15) is 0 Å². The summed E-state index contributed by atoms with van der Waals surface area (Å²) in [7, 11) is 0. The van der Waals surface area contributed by atoms with Crippen LogP contribution in [0.5, 0.6) is 0 Å². The topological polar surface area (TPSA) is 103 Å². The number of nitrogen functional groups attached to an aromatic ring is 1. The summed E-state index contributed by atoms with van der Waals surface area (Å²) >= 11 is 0. The van der Waals surface area contributed by atoms with E-state index in [2.05, 4.69) is 20.3 Å². The van der Waals surface area contributed by atoms with Crippen molar-refractivity contribution in [2.75, 3.05) is 12.3 Å². The Morgan fingerprint density at radius 1 is 1.43 bits per heavy atom. The Kier molecular flexibility index (Phi) is 4.19. The molecule has 7 heteroatoms. The third-order valence-corrected chi connectivity index (χ3v) is 4.02. The number of aromatic nitrogens is 4. The Bertz CT molecular complexity index is 573. The first kappa shape index (κ1) is 14.1. The summed E-state index contributed by atoms with van der Waals surface area (Å²) in [4.78, 5) is 4.46. The maximum Gasteiger partial charge on any atom is 0.263 e. The van der Waals surface area contributed by atoms with Gasteiger partial charge in [0.05, 0.1) is 6.20 Å². The molecule has 0 saturated heterocycles. The molecular formula is C14H21N5O2. The van der Waals surface area contributed by atoms with Gasteiger partial charge in [-0.3, -0.25) is 5.10 Å². The lowest BCUT2D eigenvalue weighted by Crippen LogP contribution is -2.20. The van der Waals surface area contributed by atoms with Gasteiger partial charge in [0.25, 0.3) is 5.89 Å². The molecule has 2 heterocycles. The summed E-state index contributed by atoms with van der Waals surface area (Å²) in [6.45, 7) is 2.63. The number of nitrogens with zero attached hydrogens (tertiary/aromatic N) is 3. The van der Waals surface area contributed by atoms with Crippen LogP contribution < -0.4 is 5.73 Å². The molecule has 1 aliphatic carbocycles. The summed E-state index contributed by atoms with van der Waals surface area (Å²) in [6, 6.07) is 0. The van der Waals surface area contributed by atoms with Gasteiger partial charge < -0.3 is 15.0 Å². The fourth-order valence-corrected chi connectivity index (χ4v) is 2.96. The van der Waals surface area contributed by atoms with E-state index in [1.807, 2.05) is 6.92 Å². The number of nitrogens with two attached hydrogens (primary N) is 1. The molecule has 0 aromatic carbocycles. The van der Waals surface area contributed by atoms with Gasteiger partial charge in [0.15, 0.2) is 0 Å². The molecule has 114 valence electrons. The molecule has 1 atom stereocenters. The number of hydrogen-bond donors (Lipinski definition) is 2. The average Bonchev–Trinajstić information content (AvgIpc) is 3.14. The summed E-state index contributed by atoms with van der Waals surface area (Å²) in [5, 5.41) is 10.6. The van der Waals surface area contributed by atoms with Gasteiger partial charge in [-0.2, -0.15) is 10.1 Å². The number of anilines is 1. The molecular weight excluding hydrogens is 270 g/mol. The van der Waals surface area contributed by atoms with Crippen LogP contribution in [-0.4, -0.2) is 26.9 Å². The van der Waals surface area contributed by atoms with Crippen LogP contribution in [0.1, 0.15) is 51.0 Å². The van der Waals surface area contributed by atoms with Crippen LogP contribution in [0.25, 0.3) is 11.5 Å². The molecule has 0 amide bonds. The number of hydrogen-bond acceptors (Lipinski definition) is 6. The Hall–Kier alpha value is -1.89. The lowest BCUT2D eigenvalue weighted by Gasteiger charge is -2.27. The van der Waals surface area contributed by atoms with E-state index in [0.29, 0.717) is 35.6 Å². The predicted octanol–water partition coefficient (Wildman–Crippen LogP) is 2.70. The fraction of sp³-hybridized carbons (Fsp3) is 0.643. The molecule has 3 rings (SSSR count). The zero-order valence-electron chi connectivity index (χ0n) is 12.2. The zero-order chi connectivity index (χ0) is 14.7. The third kappa shape index (κ3) is 2.92. The second-order valence-corrected chi connectivity index (χ2v) is 5.43. The molecule has 0 radical (unpaired) electrons. The second-order valence-electron chi connectivity index (χ2n) is 5.43. The van der Waals surface area contributed by atoms with Crippen LogP contribution in [0.3, 0.4) is 0 Å². The van der Waals surface area contributed by atoms with Crippen LogP contribution in [0.4, 0.5) is 5.82 Å². The number of nitrogens with one attached hydrogen (secondary N) is 1. The standard InChI is InChI=1S/C14H21N5O2/c1-2-20-11(9-6-4-3-5-7-9)13-17-14(21-19-13)10-8-16-18-12(10)15/h8-9,11H,2-7H2,1H3,(H3,15,16,18). The largest absolute Gasteiger partial charge is 0.383 e. The molecule has 0 aliphatic heterocycles. The number of rotatable bonds is 5. The predicted molar refractivity (Wildman–Crippen MR) is 77.2 cm³/mol. The van der Waals surface area contributed by atoms with Crippen LogP contribution in [0, 0.1) is 5.92 Å². The van der Waals surface area contributed by atoms with E-state index in [4.69, 9.17) is 15.0 Å². The minimum atomic E-state index is -0.0964. The van der Waals surface area contributed by atoms with Crippen molar-refractivity contribution in [3.8, 4) is 11.5 Å². The SMILES string of the molecule is CCOC(c1noc(-c2cn[nH]c2N)n1)C1CCCCC1. The van der Waals surface area contributed by atoms with Crippen LogP contribution in [-0.2, 0) is 4.74 Å². The van der Waals surface area contributed by atoms with Crippen molar-refractivity contribution in [3.63, 3.8) is 0 Å². The highest BCUT2D eigenvalue weighted by Crippen LogP contribution is 2.36. The van der Waals surface area contributed by atoms with Crippen molar-refractivity contribution in [1.82, 2.24) is 20.3 Å². The minimum Gasteiger partial charge on any atom is -0.383 e. The van der Waals surface area contributed by atoms with Gasteiger partial charge in [-0.25, -0.2) is 0 Å². The zero-order valence-corrected chi connectivity index (χ0v) is 12.2. The van der Waals surface area contributed by atoms with Crippen LogP contribution in [0.15, 0.2) is 10.7 Å². The van der Waals surface area contributed by atoms with Gasteiger partial charge in [-0.1, -0.05) is 24.4 Å². The highest BCUT2D eigenvalue weighted by Gasteiger charge is 2.30. The third-order valence-electron chi connectivity index (χ3n) is 4.02. The van der Waals surface area contributed by atoms with Crippen LogP contribution >= 0.6 is 0 Å². The number of aromatic amines is 1. The summed E-state index contributed by atoms with van der Waals surface area (Å²) in [5.74, 6) is 1.89. The first-order valence-corrected chi connectivity index (χ1v) is 7.54. The fourth-order valence-electron chi connectivity index (χ4n) is 2.96. The van der Waals surface area contributed by atoms with Gasteiger partial charge in [0.1, 0.15) is 17.5 Å². The maximum atomic E-state index is 5.89. The molecule has 2 aromatic heterocycles. The van der Waals surface area contributed by atoms with Crippen molar-refractivity contribution in [3.05, 3.63) is 12.0 Å². The van der Waals surface area contributed by atoms with Crippen LogP contribution in [0.2, 0.25) is 0 Å². The van der Waals surface area contributed by atoms with Gasteiger partial charge >= 0.3 is 0 Å². The molecule has 21 heavy (non-hydrogen) atoms. The lowest BCUT2D eigenvalue weighted by atomic mass is 9.85. The molecule has 0 bridgehead atoms. The van der Waals surface area contributed by atoms with E-state index in [-0.39, 0.29) is 6.10 Å². The molecule has 1 saturated carbocycles. The van der Waals surface area contributed by atoms with E-state index in [0.717, 1.165) is 12.8 Å². The van der Waals surface area contributed by atoms with Gasteiger partial charge in [-0.05, 0) is 25.7 Å². The Balaban J connectivity index is 1.83. The summed E-state index contributed by atoms with van der Waals surface area (Å²) in [5.41, 5.74) is 6.41. The van der Waals surface area contributed by atoms with Crippen molar-refractivity contribution in [2.45, 2.75) is 45.1 Å². The van der Waals surface area contributed by atoms with Crippen molar-refractivity contribution in [2.24, 2.45) is 5.92 Å². The monoisotopic (exact) mass is 291 g/mol. The van der Waals surface area contributed by atoms with Gasteiger partial charge in [0, 0.05) is 6.61 Å². The van der Waals surface area contributed by atoms with Gasteiger partial charge in [-0.15, -0.1) is 0 Å². The Morgan fingerprint density at radius 3 is 2.90 bits per heavy atom. The molecule has 1 fully saturated rings.